The van der Waals surface area contributed by atoms with Crippen LogP contribution in [0, 0.1) is 0 Å². The van der Waals surface area contributed by atoms with Crippen molar-refractivity contribution in [2.45, 2.75) is 24.1 Å². The molecule has 1 aromatic rings. The van der Waals surface area contributed by atoms with E-state index in [1.807, 2.05) is 0 Å². The van der Waals surface area contributed by atoms with Gasteiger partial charge in [0, 0.05) is 18.8 Å². The number of carbonyl (C=O) groups excluding carboxylic acids is 3. The molecular formula is C15H16NO6S-. The van der Waals surface area contributed by atoms with Crippen LogP contribution < -0.4 is 5.11 Å². The number of carboxylic acids is 1. The van der Waals surface area contributed by atoms with Crippen LogP contribution in [-0.4, -0.2) is 49.0 Å². The number of carboxylic acid groups (broad SMARTS) is 1. The minimum atomic E-state index is -3.80. The number of nitrogens with zero attached hydrogens (tertiary/aromatic N) is 1. The lowest BCUT2D eigenvalue weighted by atomic mass is 10.0. The van der Waals surface area contributed by atoms with E-state index in [1.165, 1.54) is 0 Å². The van der Waals surface area contributed by atoms with Gasteiger partial charge in [-0.15, -0.1) is 0 Å². The Labute approximate surface area is 133 Å². The zero-order valence-corrected chi connectivity index (χ0v) is 13.3. The first-order valence-electron chi connectivity index (χ1n) is 7.02. The first-order valence-corrected chi connectivity index (χ1v) is 8.97. The van der Waals surface area contributed by atoms with Gasteiger partial charge in [-0.1, -0.05) is 30.3 Å². The second-order valence-electron chi connectivity index (χ2n) is 5.44. The van der Waals surface area contributed by atoms with Gasteiger partial charge < -0.3 is 14.8 Å². The largest absolute Gasteiger partial charge is 0.550 e. The Bertz CT molecular complexity index is 728. The van der Waals surface area contributed by atoms with Crippen LogP contribution in [0.4, 0.5) is 0 Å². The maximum atomic E-state index is 12.2. The summed E-state index contributed by atoms with van der Waals surface area (Å²) >= 11 is 0. The summed E-state index contributed by atoms with van der Waals surface area (Å²) in [6, 6.07) is 7.44. The summed E-state index contributed by atoms with van der Waals surface area (Å²) in [5, 5.41) is 9.04. The van der Waals surface area contributed by atoms with Gasteiger partial charge in [-0.3, -0.25) is 9.59 Å². The Morgan fingerprint density at radius 3 is 2.35 bits per heavy atom. The van der Waals surface area contributed by atoms with E-state index in [0.717, 1.165) is 11.2 Å². The zero-order valence-electron chi connectivity index (χ0n) is 12.5. The van der Waals surface area contributed by atoms with Crippen molar-refractivity contribution in [1.82, 2.24) is 4.90 Å². The average Bonchev–Trinajstić information content (AvgIpc) is 2.72. The van der Waals surface area contributed by atoms with E-state index in [0.29, 0.717) is 5.56 Å². The van der Waals surface area contributed by atoms with E-state index >= 15 is 0 Å². The summed E-state index contributed by atoms with van der Waals surface area (Å²) in [5.41, 5.74) is 0.524. The normalized spacial score (nSPS) is 21.7. The fourth-order valence-electron chi connectivity index (χ4n) is 2.76. The van der Waals surface area contributed by atoms with Crippen LogP contribution in [0.2, 0.25) is 0 Å². The number of rotatable bonds is 6. The highest BCUT2D eigenvalue weighted by Crippen LogP contribution is 2.35. The Balaban J connectivity index is 2.40. The van der Waals surface area contributed by atoms with E-state index in [4.69, 9.17) is 0 Å². The van der Waals surface area contributed by atoms with Crippen LogP contribution in [-0.2, 0) is 24.2 Å². The Kier molecular flexibility index (Phi) is 4.84. The molecule has 1 fully saturated rings. The summed E-state index contributed by atoms with van der Waals surface area (Å²) in [4.78, 5) is 36.0. The molecule has 0 aromatic heterocycles. The van der Waals surface area contributed by atoms with Gasteiger partial charge in [-0.2, -0.15) is 0 Å². The van der Waals surface area contributed by atoms with Gasteiger partial charge in [0.05, 0.1) is 6.04 Å². The molecule has 0 bridgehead atoms. The van der Waals surface area contributed by atoms with Gasteiger partial charge in [0.25, 0.3) is 5.91 Å². The van der Waals surface area contributed by atoms with E-state index in [9.17, 15) is 27.9 Å². The first kappa shape index (κ1) is 17.1. The second-order valence-corrected chi connectivity index (χ2v) is 7.61. The van der Waals surface area contributed by atoms with Gasteiger partial charge in [0.15, 0.2) is 15.1 Å². The second kappa shape index (κ2) is 6.49. The standard InChI is InChI=1S/C15H17NO6S/c1-23(21,22)14-12(10-6-3-2-4-7-10)16(15(20)13(14)19)9-5-8-11(17)18/h2-4,6-7,12,14H,5,8-9H2,1H3,(H,17,18)/p-1. The number of likely N-dealkylation sites (tertiary alicyclic amines) is 1. The third-order valence-corrected chi connectivity index (χ3v) is 5.13. The molecule has 1 saturated heterocycles. The number of sulfone groups is 1. The van der Waals surface area contributed by atoms with Gasteiger partial charge in [0.1, 0.15) is 0 Å². The molecule has 2 rings (SSSR count). The van der Waals surface area contributed by atoms with Crippen molar-refractivity contribution < 1.29 is 27.9 Å². The third-order valence-electron chi connectivity index (χ3n) is 3.73. The molecule has 1 heterocycles. The number of carbonyl (C=O) groups is 3. The van der Waals surface area contributed by atoms with E-state index < -0.39 is 38.8 Å². The predicted molar refractivity (Wildman–Crippen MR) is 78.8 cm³/mol. The lowest BCUT2D eigenvalue weighted by molar-refractivity contribution is -0.305. The lowest BCUT2D eigenvalue weighted by Crippen LogP contribution is -2.34. The summed E-state index contributed by atoms with van der Waals surface area (Å²) in [6.45, 7) is -0.0237. The number of aliphatic carboxylic acids is 1. The van der Waals surface area contributed by atoms with Gasteiger partial charge in [0.2, 0.25) is 5.78 Å². The number of benzene rings is 1. The summed E-state index contributed by atoms with van der Waals surface area (Å²) in [5.74, 6) is -3.14. The van der Waals surface area contributed by atoms with Crippen molar-refractivity contribution in [2.24, 2.45) is 0 Å². The molecule has 7 nitrogen and oxygen atoms in total. The third kappa shape index (κ3) is 3.58. The lowest BCUT2D eigenvalue weighted by Gasteiger charge is -2.27. The summed E-state index contributed by atoms with van der Waals surface area (Å²) in [6.07, 6.45) is 0.730. The van der Waals surface area contributed by atoms with Crippen LogP contribution in [0.15, 0.2) is 30.3 Å². The minimum Gasteiger partial charge on any atom is -0.550 e. The SMILES string of the molecule is CS(=O)(=O)C1C(=O)C(=O)N(CCCC(=O)[O-])C1c1ccccc1. The van der Waals surface area contributed by atoms with E-state index in [-0.39, 0.29) is 19.4 Å². The molecule has 0 spiro atoms. The topological polar surface area (TPSA) is 112 Å². The molecule has 1 aliphatic rings. The number of amides is 1. The number of Topliss-reactive ketones (excluding diaryl/α,β-unsaturated/α-hetero) is 1. The monoisotopic (exact) mass is 338 g/mol. The quantitative estimate of drug-likeness (QED) is 0.620. The highest BCUT2D eigenvalue weighted by Gasteiger charge is 2.52. The Hall–Kier alpha value is -2.22. The number of hydrogen-bond acceptors (Lipinski definition) is 6. The van der Waals surface area contributed by atoms with Gasteiger partial charge >= 0.3 is 0 Å². The molecule has 1 aliphatic heterocycles. The number of ketones is 1. The average molecular weight is 338 g/mol. The molecule has 23 heavy (non-hydrogen) atoms. The molecule has 1 aromatic carbocycles. The zero-order chi connectivity index (χ0) is 17.2. The molecule has 1 amide bonds. The maximum absolute atomic E-state index is 12.2. The molecule has 2 atom stereocenters. The summed E-state index contributed by atoms with van der Waals surface area (Å²) in [7, 11) is -3.80. The van der Waals surface area contributed by atoms with Crippen LogP contribution in [0.25, 0.3) is 0 Å². The minimum absolute atomic E-state index is 0.0237. The van der Waals surface area contributed by atoms with Crippen molar-refractivity contribution in [1.29, 1.82) is 0 Å². The van der Waals surface area contributed by atoms with Crippen LogP contribution in [0.3, 0.4) is 0 Å². The van der Waals surface area contributed by atoms with E-state index in [1.54, 1.807) is 30.3 Å². The van der Waals surface area contributed by atoms with Crippen LogP contribution in [0.5, 0.6) is 0 Å². The highest BCUT2D eigenvalue weighted by atomic mass is 32.2. The Morgan fingerprint density at radius 2 is 1.83 bits per heavy atom. The molecule has 0 N–H and O–H groups in total. The van der Waals surface area contributed by atoms with Gasteiger partial charge in [-0.05, 0) is 18.4 Å². The fourth-order valence-corrected chi connectivity index (χ4v) is 4.03. The molecule has 0 aliphatic carbocycles. The fraction of sp³-hybridized carbons (Fsp3) is 0.400. The molecule has 2 unspecified atom stereocenters. The molecule has 124 valence electrons. The van der Waals surface area contributed by atoms with E-state index in [2.05, 4.69) is 0 Å². The smallest absolute Gasteiger partial charge is 0.292 e. The molecule has 0 saturated carbocycles. The first-order chi connectivity index (χ1) is 10.7. The Morgan fingerprint density at radius 1 is 1.22 bits per heavy atom. The molecule has 8 heteroatoms. The van der Waals surface area contributed by atoms with Crippen molar-refractivity contribution in [3.63, 3.8) is 0 Å². The number of hydrogen-bond donors (Lipinski definition) is 0. The van der Waals surface area contributed by atoms with Crippen molar-refractivity contribution in [3.05, 3.63) is 35.9 Å². The van der Waals surface area contributed by atoms with Crippen molar-refractivity contribution in [2.75, 3.05) is 12.8 Å². The molecule has 0 radical (unpaired) electrons. The van der Waals surface area contributed by atoms with Gasteiger partial charge in [-0.25, -0.2) is 8.42 Å². The van der Waals surface area contributed by atoms with Crippen molar-refractivity contribution in [3.8, 4) is 0 Å². The molecular weight excluding hydrogens is 322 g/mol. The summed E-state index contributed by atoms with van der Waals surface area (Å²) < 4.78 is 24.0. The van der Waals surface area contributed by atoms with Crippen LogP contribution in [0.1, 0.15) is 24.4 Å². The maximum Gasteiger partial charge on any atom is 0.292 e. The van der Waals surface area contributed by atoms with Crippen molar-refractivity contribution >= 4 is 27.5 Å². The predicted octanol–water partition coefficient (Wildman–Crippen LogP) is -0.918. The highest BCUT2D eigenvalue weighted by molar-refractivity contribution is 7.92. The van der Waals surface area contributed by atoms with Crippen LogP contribution >= 0.6 is 0 Å².